The second-order valence-corrected chi connectivity index (χ2v) is 10.0. The quantitative estimate of drug-likeness (QED) is 0.541. The van der Waals surface area contributed by atoms with Crippen molar-refractivity contribution in [2.45, 2.75) is 19.3 Å². The molecule has 0 aliphatic carbocycles. The van der Waals surface area contributed by atoms with Gasteiger partial charge in [0.05, 0.1) is 14.2 Å². The minimum Gasteiger partial charge on any atom is -0.497 e. The SMILES string of the molecule is COc1cc(NC(=S)N2CCC3(CCN(C(=O)c4cc5ccccc5n4C)CC3)C2)cc(OC)c1. The molecule has 2 saturated heterocycles. The molecule has 0 radical (unpaired) electrons. The summed E-state index contributed by atoms with van der Waals surface area (Å²) in [7, 11) is 5.25. The predicted molar refractivity (Wildman–Crippen MR) is 142 cm³/mol. The Morgan fingerprint density at radius 2 is 1.57 bits per heavy atom. The highest BCUT2D eigenvalue weighted by Crippen LogP contribution is 2.41. The van der Waals surface area contributed by atoms with Gasteiger partial charge in [-0.25, -0.2) is 0 Å². The number of ether oxygens (including phenoxy) is 2. The van der Waals surface area contributed by atoms with Crippen molar-refractivity contribution >= 4 is 39.8 Å². The molecule has 1 spiro atoms. The lowest BCUT2D eigenvalue weighted by molar-refractivity contribution is 0.0590. The number of fused-ring (bicyclic) bond motifs is 1. The molecule has 3 aromatic rings. The van der Waals surface area contributed by atoms with Crippen LogP contribution in [-0.2, 0) is 7.05 Å². The Labute approximate surface area is 211 Å². The first kappa shape index (κ1) is 23.5. The second kappa shape index (κ2) is 9.41. The smallest absolute Gasteiger partial charge is 0.270 e. The maximum atomic E-state index is 13.3. The number of hydrogen-bond donors (Lipinski definition) is 1. The van der Waals surface area contributed by atoms with E-state index in [0.29, 0.717) is 5.11 Å². The van der Waals surface area contributed by atoms with Gasteiger partial charge >= 0.3 is 0 Å². The summed E-state index contributed by atoms with van der Waals surface area (Å²) in [6, 6.07) is 15.8. The van der Waals surface area contributed by atoms with E-state index in [2.05, 4.69) is 22.3 Å². The Kier molecular flexibility index (Phi) is 6.32. The summed E-state index contributed by atoms with van der Waals surface area (Å²) in [6.45, 7) is 3.39. The largest absolute Gasteiger partial charge is 0.497 e. The van der Waals surface area contributed by atoms with Crippen LogP contribution < -0.4 is 14.8 Å². The van der Waals surface area contributed by atoms with Crippen molar-refractivity contribution in [2.24, 2.45) is 12.5 Å². The van der Waals surface area contributed by atoms with Gasteiger partial charge in [0, 0.05) is 68.0 Å². The van der Waals surface area contributed by atoms with Crippen molar-refractivity contribution in [2.75, 3.05) is 45.7 Å². The molecule has 0 atom stereocenters. The molecule has 3 heterocycles. The first-order chi connectivity index (χ1) is 16.9. The highest BCUT2D eigenvalue weighted by molar-refractivity contribution is 7.80. The monoisotopic (exact) mass is 492 g/mol. The maximum Gasteiger partial charge on any atom is 0.270 e. The van der Waals surface area contributed by atoms with Gasteiger partial charge in [-0.3, -0.25) is 4.79 Å². The Bertz CT molecular complexity index is 1240. The summed E-state index contributed by atoms with van der Waals surface area (Å²) in [5.41, 5.74) is 2.90. The van der Waals surface area contributed by atoms with Gasteiger partial charge in [-0.15, -0.1) is 0 Å². The predicted octanol–water partition coefficient (Wildman–Crippen LogP) is 4.52. The van der Waals surface area contributed by atoms with E-state index in [4.69, 9.17) is 21.7 Å². The van der Waals surface area contributed by atoms with Gasteiger partial charge in [-0.1, -0.05) is 18.2 Å². The molecule has 2 aliphatic heterocycles. The highest BCUT2D eigenvalue weighted by atomic mass is 32.1. The molecule has 2 aliphatic rings. The van der Waals surface area contributed by atoms with E-state index in [9.17, 15) is 4.79 Å². The number of nitrogens with one attached hydrogen (secondary N) is 1. The molecule has 5 rings (SSSR count). The van der Waals surface area contributed by atoms with Crippen LogP contribution in [0.25, 0.3) is 10.9 Å². The maximum absolute atomic E-state index is 13.3. The van der Waals surface area contributed by atoms with Gasteiger partial charge in [0.25, 0.3) is 5.91 Å². The average Bonchev–Trinajstić information content (AvgIpc) is 3.45. The molecular weight excluding hydrogens is 460 g/mol. The van der Waals surface area contributed by atoms with Crippen molar-refractivity contribution in [3.63, 3.8) is 0 Å². The number of methoxy groups -OCH3 is 2. The third kappa shape index (κ3) is 4.55. The van der Waals surface area contributed by atoms with Gasteiger partial charge in [0.15, 0.2) is 5.11 Å². The molecule has 7 nitrogen and oxygen atoms in total. The van der Waals surface area contributed by atoms with Crippen molar-refractivity contribution in [3.8, 4) is 11.5 Å². The molecule has 0 saturated carbocycles. The molecule has 1 aromatic heterocycles. The van der Waals surface area contributed by atoms with Crippen molar-refractivity contribution in [1.29, 1.82) is 0 Å². The molecule has 1 N–H and O–H groups in total. The number of amides is 1. The van der Waals surface area contributed by atoms with E-state index < -0.39 is 0 Å². The number of rotatable bonds is 4. The lowest BCUT2D eigenvalue weighted by Gasteiger charge is -2.39. The van der Waals surface area contributed by atoms with Crippen LogP contribution in [0.4, 0.5) is 5.69 Å². The summed E-state index contributed by atoms with van der Waals surface area (Å²) in [6.07, 6.45) is 3.08. The standard InChI is InChI=1S/C27H32N4O3S/c1-29-23-7-5-4-6-19(23)14-24(29)25(32)30-11-8-27(9-12-30)10-13-31(18-27)26(35)28-20-15-21(33-2)17-22(16-20)34-3/h4-7,14-17H,8-13,18H2,1-3H3,(H,28,35). The van der Waals surface area contributed by atoms with Gasteiger partial charge in [-0.05, 0) is 49.0 Å². The zero-order valence-corrected chi connectivity index (χ0v) is 21.4. The topological polar surface area (TPSA) is 59.0 Å². The van der Waals surface area contributed by atoms with Gasteiger partial charge in [0.1, 0.15) is 17.2 Å². The van der Waals surface area contributed by atoms with E-state index in [0.717, 1.165) is 79.2 Å². The fourth-order valence-corrected chi connectivity index (χ4v) is 5.71. The molecule has 0 bridgehead atoms. The van der Waals surface area contributed by atoms with E-state index in [1.54, 1.807) is 14.2 Å². The van der Waals surface area contributed by atoms with E-state index >= 15 is 0 Å². The number of hydrogen-bond acceptors (Lipinski definition) is 4. The summed E-state index contributed by atoms with van der Waals surface area (Å²) in [4.78, 5) is 17.6. The van der Waals surface area contributed by atoms with Crippen LogP contribution >= 0.6 is 12.2 Å². The normalized spacial score (nSPS) is 17.1. The number of benzene rings is 2. The summed E-state index contributed by atoms with van der Waals surface area (Å²) < 4.78 is 12.8. The van der Waals surface area contributed by atoms with Crippen molar-refractivity contribution in [3.05, 3.63) is 54.2 Å². The first-order valence-corrected chi connectivity index (χ1v) is 12.4. The number of nitrogens with zero attached hydrogens (tertiary/aromatic N) is 3. The molecular formula is C27H32N4O3S. The number of piperidine rings is 1. The van der Waals surface area contributed by atoms with Gasteiger partial charge in [-0.2, -0.15) is 0 Å². The minimum atomic E-state index is 0.123. The van der Waals surface area contributed by atoms with Crippen LogP contribution in [-0.4, -0.2) is 65.8 Å². The number of aryl methyl sites for hydroxylation is 1. The number of anilines is 1. The molecule has 35 heavy (non-hydrogen) atoms. The first-order valence-electron chi connectivity index (χ1n) is 12.0. The Morgan fingerprint density at radius 3 is 2.20 bits per heavy atom. The Hall–Kier alpha value is -3.26. The number of para-hydroxylation sites is 1. The Balaban J connectivity index is 1.20. The van der Waals surface area contributed by atoms with Crippen molar-refractivity contribution < 1.29 is 14.3 Å². The summed E-state index contributed by atoms with van der Waals surface area (Å²) in [5, 5.41) is 5.17. The number of likely N-dealkylation sites (tertiary alicyclic amines) is 2. The fourth-order valence-electron chi connectivity index (χ4n) is 5.44. The molecule has 2 fully saturated rings. The van der Waals surface area contributed by atoms with Crippen LogP contribution in [0.1, 0.15) is 29.8 Å². The number of carbonyl (C=O) groups is 1. The molecule has 0 unspecified atom stereocenters. The van der Waals surface area contributed by atoms with Crippen LogP contribution in [0.3, 0.4) is 0 Å². The minimum absolute atomic E-state index is 0.123. The van der Waals surface area contributed by atoms with Crippen LogP contribution in [0.5, 0.6) is 11.5 Å². The second-order valence-electron chi connectivity index (χ2n) is 9.64. The lowest BCUT2D eigenvalue weighted by Crippen LogP contribution is -2.45. The lowest BCUT2D eigenvalue weighted by atomic mass is 9.77. The fraction of sp³-hybridized carbons (Fsp3) is 0.407. The third-order valence-electron chi connectivity index (χ3n) is 7.61. The third-order valence-corrected chi connectivity index (χ3v) is 7.97. The van der Waals surface area contributed by atoms with Crippen LogP contribution in [0.2, 0.25) is 0 Å². The number of carbonyl (C=O) groups excluding carboxylic acids is 1. The number of aromatic nitrogens is 1. The van der Waals surface area contributed by atoms with E-state index in [-0.39, 0.29) is 11.3 Å². The van der Waals surface area contributed by atoms with Crippen LogP contribution in [0, 0.1) is 5.41 Å². The molecule has 8 heteroatoms. The van der Waals surface area contributed by atoms with Gasteiger partial charge < -0.3 is 29.2 Å². The summed E-state index contributed by atoms with van der Waals surface area (Å²) >= 11 is 5.75. The number of thiocarbonyl (C=S) groups is 1. The molecule has 184 valence electrons. The summed E-state index contributed by atoms with van der Waals surface area (Å²) in [5.74, 6) is 1.56. The van der Waals surface area contributed by atoms with E-state index in [1.807, 2.05) is 52.9 Å². The zero-order valence-electron chi connectivity index (χ0n) is 20.5. The van der Waals surface area contributed by atoms with Crippen LogP contribution in [0.15, 0.2) is 48.5 Å². The average molecular weight is 493 g/mol. The molecule has 1 amide bonds. The van der Waals surface area contributed by atoms with E-state index in [1.165, 1.54) is 0 Å². The zero-order chi connectivity index (χ0) is 24.6. The highest BCUT2D eigenvalue weighted by Gasteiger charge is 2.42. The Morgan fingerprint density at radius 1 is 0.943 bits per heavy atom. The van der Waals surface area contributed by atoms with Gasteiger partial charge in [0.2, 0.25) is 0 Å². The molecule has 2 aromatic carbocycles. The van der Waals surface area contributed by atoms with Crippen molar-refractivity contribution in [1.82, 2.24) is 14.4 Å².